The van der Waals surface area contributed by atoms with E-state index in [4.69, 9.17) is 5.73 Å². The van der Waals surface area contributed by atoms with Crippen molar-refractivity contribution in [2.75, 3.05) is 5.73 Å². The van der Waals surface area contributed by atoms with Gasteiger partial charge in [0.25, 0.3) is 0 Å². The molecule has 0 aliphatic heterocycles. The van der Waals surface area contributed by atoms with E-state index in [-0.39, 0.29) is 0 Å². The average Bonchev–Trinajstić information content (AvgIpc) is 2.86. The zero-order chi connectivity index (χ0) is 11.1. The Balaban J connectivity index is 2.36. The SMILES string of the molecule is Cc1cccc2nc(-c3cncs3)c(N)n12. The van der Waals surface area contributed by atoms with Crippen LogP contribution in [-0.4, -0.2) is 14.4 Å². The minimum atomic E-state index is 0.678. The lowest BCUT2D eigenvalue weighted by atomic mass is 10.3. The maximum absolute atomic E-state index is 6.11. The summed E-state index contributed by atoms with van der Waals surface area (Å²) in [6.07, 6.45) is 1.79. The maximum Gasteiger partial charge on any atom is 0.139 e. The van der Waals surface area contributed by atoms with Crippen molar-refractivity contribution in [3.8, 4) is 10.6 Å². The Labute approximate surface area is 96.4 Å². The van der Waals surface area contributed by atoms with E-state index in [0.717, 1.165) is 21.9 Å². The maximum atomic E-state index is 6.11. The molecule has 2 N–H and O–H groups in total. The van der Waals surface area contributed by atoms with E-state index >= 15 is 0 Å². The molecule has 5 heteroatoms. The van der Waals surface area contributed by atoms with Gasteiger partial charge in [-0.2, -0.15) is 0 Å². The molecule has 3 aromatic rings. The number of hydrogen-bond acceptors (Lipinski definition) is 4. The zero-order valence-corrected chi connectivity index (χ0v) is 9.53. The van der Waals surface area contributed by atoms with E-state index in [1.165, 1.54) is 0 Å². The Hall–Kier alpha value is -1.88. The first kappa shape index (κ1) is 9.35. The molecule has 0 spiro atoms. The van der Waals surface area contributed by atoms with Crippen molar-refractivity contribution < 1.29 is 0 Å². The summed E-state index contributed by atoms with van der Waals surface area (Å²) in [6.45, 7) is 2.02. The molecule has 3 heterocycles. The summed E-state index contributed by atoms with van der Waals surface area (Å²) in [6, 6.07) is 5.95. The molecule has 4 nitrogen and oxygen atoms in total. The third kappa shape index (κ3) is 1.22. The van der Waals surface area contributed by atoms with Gasteiger partial charge in [0.15, 0.2) is 0 Å². The van der Waals surface area contributed by atoms with Crippen molar-refractivity contribution in [3.05, 3.63) is 35.6 Å². The number of nitrogens with zero attached hydrogens (tertiary/aromatic N) is 3. The molecule has 80 valence electrons. The predicted molar refractivity (Wildman–Crippen MR) is 65.4 cm³/mol. The molecule has 0 unspecified atom stereocenters. The first-order valence-corrected chi connectivity index (χ1v) is 5.78. The smallest absolute Gasteiger partial charge is 0.139 e. The summed E-state index contributed by atoms with van der Waals surface area (Å²) in [4.78, 5) is 9.57. The first-order chi connectivity index (χ1) is 7.77. The summed E-state index contributed by atoms with van der Waals surface area (Å²) in [5.41, 5.74) is 10.7. The summed E-state index contributed by atoms with van der Waals surface area (Å²) >= 11 is 1.54. The lowest BCUT2D eigenvalue weighted by Gasteiger charge is -2.00. The van der Waals surface area contributed by atoms with Crippen LogP contribution in [0.25, 0.3) is 16.2 Å². The molecular formula is C11H10N4S. The molecule has 0 bridgehead atoms. The van der Waals surface area contributed by atoms with Gasteiger partial charge in [0.2, 0.25) is 0 Å². The van der Waals surface area contributed by atoms with Crippen LogP contribution in [0.3, 0.4) is 0 Å². The van der Waals surface area contributed by atoms with E-state index in [0.29, 0.717) is 5.82 Å². The highest BCUT2D eigenvalue weighted by atomic mass is 32.1. The summed E-state index contributed by atoms with van der Waals surface area (Å²) in [5, 5.41) is 0. The van der Waals surface area contributed by atoms with Gasteiger partial charge in [-0.1, -0.05) is 6.07 Å². The van der Waals surface area contributed by atoms with Crippen molar-refractivity contribution in [1.29, 1.82) is 0 Å². The lowest BCUT2D eigenvalue weighted by Crippen LogP contribution is -1.96. The van der Waals surface area contributed by atoms with Crippen LogP contribution in [0, 0.1) is 6.92 Å². The number of aryl methyl sites for hydroxylation is 1. The van der Waals surface area contributed by atoms with Gasteiger partial charge in [-0.15, -0.1) is 11.3 Å². The van der Waals surface area contributed by atoms with Gasteiger partial charge in [0.1, 0.15) is 17.2 Å². The number of hydrogen-bond donors (Lipinski definition) is 1. The van der Waals surface area contributed by atoms with Crippen LogP contribution in [0.5, 0.6) is 0 Å². The Morgan fingerprint density at radius 1 is 1.38 bits per heavy atom. The van der Waals surface area contributed by atoms with Crippen LogP contribution >= 0.6 is 11.3 Å². The number of aromatic nitrogens is 3. The number of rotatable bonds is 1. The Morgan fingerprint density at radius 3 is 2.94 bits per heavy atom. The predicted octanol–water partition coefficient (Wildman–Crippen LogP) is 2.35. The average molecular weight is 230 g/mol. The van der Waals surface area contributed by atoms with Gasteiger partial charge in [-0.05, 0) is 19.1 Å². The number of nitrogen functional groups attached to an aromatic ring is 1. The highest BCUT2D eigenvalue weighted by Crippen LogP contribution is 2.29. The minimum Gasteiger partial charge on any atom is -0.383 e. The third-order valence-electron chi connectivity index (χ3n) is 2.54. The second-order valence-corrected chi connectivity index (χ2v) is 4.46. The molecule has 0 aliphatic carbocycles. The molecule has 3 aromatic heterocycles. The first-order valence-electron chi connectivity index (χ1n) is 4.90. The van der Waals surface area contributed by atoms with Gasteiger partial charge in [0.05, 0.1) is 10.4 Å². The quantitative estimate of drug-likeness (QED) is 0.698. The Kier molecular flexibility index (Phi) is 1.94. The fraction of sp³-hybridized carbons (Fsp3) is 0.0909. The molecular weight excluding hydrogens is 220 g/mol. The second kappa shape index (κ2) is 3.31. The van der Waals surface area contributed by atoms with Crippen LogP contribution in [0.2, 0.25) is 0 Å². The highest BCUT2D eigenvalue weighted by molar-refractivity contribution is 7.13. The second-order valence-electron chi connectivity index (χ2n) is 3.57. The Bertz CT molecular complexity index is 639. The number of nitrogens with two attached hydrogens (primary N) is 1. The zero-order valence-electron chi connectivity index (χ0n) is 8.71. The fourth-order valence-electron chi connectivity index (χ4n) is 1.80. The van der Waals surface area contributed by atoms with E-state index in [1.54, 1.807) is 23.0 Å². The van der Waals surface area contributed by atoms with E-state index in [9.17, 15) is 0 Å². The van der Waals surface area contributed by atoms with Crippen molar-refractivity contribution >= 4 is 22.8 Å². The molecule has 0 amide bonds. The van der Waals surface area contributed by atoms with Crippen molar-refractivity contribution in [1.82, 2.24) is 14.4 Å². The topological polar surface area (TPSA) is 56.2 Å². The summed E-state index contributed by atoms with van der Waals surface area (Å²) in [5.74, 6) is 0.678. The standard InChI is InChI=1S/C11H10N4S/c1-7-3-2-4-9-14-10(11(12)15(7)9)8-5-13-6-16-8/h2-6H,12H2,1H3. The molecule has 0 saturated heterocycles. The Morgan fingerprint density at radius 2 is 2.25 bits per heavy atom. The van der Waals surface area contributed by atoms with Crippen molar-refractivity contribution in [2.45, 2.75) is 6.92 Å². The summed E-state index contributed by atoms with van der Waals surface area (Å²) in [7, 11) is 0. The molecule has 0 radical (unpaired) electrons. The number of thiazole rings is 1. The molecule has 0 atom stereocenters. The van der Waals surface area contributed by atoms with Gasteiger partial charge in [-0.25, -0.2) is 4.98 Å². The highest BCUT2D eigenvalue weighted by Gasteiger charge is 2.13. The monoisotopic (exact) mass is 230 g/mol. The van der Waals surface area contributed by atoms with Gasteiger partial charge in [-0.3, -0.25) is 9.38 Å². The third-order valence-corrected chi connectivity index (χ3v) is 3.32. The minimum absolute atomic E-state index is 0.678. The molecule has 0 aromatic carbocycles. The molecule has 0 fully saturated rings. The van der Waals surface area contributed by atoms with Gasteiger partial charge >= 0.3 is 0 Å². The normalized spacial score (nSPS) is 11.1. The largest absolute Gasteiger partial charge is 0.383 e. The van der Waals surface area contributed by atoms with Crippen LogP contribution in [-0.2, 0) is 0 Å². The number of imidazole rings is 1. The van der Waals surface area contributed by atoms with Crippen LogP contribution in [0.1, 0.15) is 5.69 Å². The van der Waals surface area contributed by atoms with Crippen molar-refractivity contribution in [2.24, 2.45) is 0 Å². The number of pyridine rings is 1. The van der Waals surface area contributed by atoms with E-state index in [1.807, 2.05) is 29.5 Å². The van der Waals surface area contributed by atoms with Crippen LogP contribution in [0.4, 0.5) is 5.82 Å². The van der Waals surface area contributed by atoms with Gasteiger partial charge in [0, 0.05) is 11.9 Å². The molecule has 3 rings (SSSR count). The van der Waals surface area contributed by atoms with Crippen LogP contribution in [0.15, 0.2) is 29.9 Å². The van der Waals surface area contributed by atoms with E-state index < -0.39 is 0 Å². The molecule has 0 saturated carbocycles. The fourth-order valence-corrected chi connectivity index (χ4v) is 2.41. The van der Waals surface area contributed by atoms with Crippen molar-refractivity contribution in [3.63, 3.8) is 0 Å². The lowest BCUT2D eigenvalue weighted by molar-refractivity contribution is 1.10. The van der Waals surface area contributed by atoms with Crippen LogP contribution < -0.4 is 5.73 Å². The van der Waals surface area contributed by atoms with E-state index in [2.05, 4.69) is 9.97 Å². The number of fused-ring (bicyclic) bond motifs is 1. The molecule has 0 aliphatic rings. The summed E-state index contributed by atoms with van der Waals surface area (Å²) < 4.78 is 1.95. The number of anilines is 1. The molecule has 16 heavy (non-hydrogen) atoms. The van der Waals surface area contributed by atoms with Gasteiger partial charge < -0.3 is 5.73 Å².